The van der Waals surface area contributed by atoms with E-state index in [1.165, 1.54) is 16.1 Å². The number of sulfonamides is 1. The molecule has 188 valence electrons. The summed E-state index contributed by atoms with van der Waals surface area (Å²) in [5, 5.41) is 0. The van der Waals surface area contributed by atoms with Gasteiger partial charge in [-0.1, -0.05) is 6.92 Å². The van der Waals surface area contributed by atoms with Crippen LogP contribution < -0.4 is 4.74 Å². The predicted molar refractivity (Wildman–Crippen MR) is 125 cm³/mol. The monoisotopic (exact) mass is 519 g/mol. The van der Waals surface area contributed by atoms with E-state index in [9.17, 15) is 26.4 Å². The number of benzene rings is 2. The topological polar surface area (TPSA) is 72.9 Å². The molecule has 2 rings (SSSR count). The van der Waals surface area contributed by atoms with E-state index in [0.717, 1.165) is 34.7 Å². The van der Waals surface area contributed by atoms with E-state index in [0.29, 0.717) is 17.9 Å². The number of halogens is 3. The number of aryl methyl sites for hydroxylation is 1. The van der Waals surface area contributed by atoms with Crippen LogP contribution in [0.4, 0.5) is 13.2 Å². The van der Waals surface area contributed by atoms with Gasteiger partial charge in [0.25, 0.3) is 0 Å². The van der Waals surface area contributed by atoms with Gasteiger partial charge in [-0.25, -0.2) is 13.2 Å². The number of alkyl halides is 3. The molecule has 0 saturated carbocycles. The third-order valence-corrected chi connectivity index (χ3v) is 7.59. The van der Waals surface area contributed by atoms with Crippen molar-refractivity contribution >= 4 is 27.8 Å². The van der Waals surface area contributed by atoms with Crippen molar-refractivity contribution in [2.75, 3.05) is 32.1 Å². The molecule has 11 heteroatoms. The van der Waals surface area contributed by atoms with Crippen LogP contribution in [0.5, 0.6) is 5.75 Å². The fourth-order valence-corrected chi connectivity index (χ4v) is 5.66. The second-order valence-electron chi connectivity index (χ2n) is 7.30. The summed E-state index contributed by atoms with van der Waals surface area (Å²) in [6.45, 7) is 5.93. The number of hydrogen-bond donors (Lipinski definition) is 0. The summed E-state index contributed by atoms with van der Waals surface area (Å²) in [6, 6.07) is 8.96. The molecule has 0 amide bonds. The molecule has 0 bridgehead atoms. The molecule has 0 saturated heterocycles. The van der Waals surface area contributed by atoms with E-state index in [1.54, 1.807) is 13.0 Å². The lowest BCUT2D eigenvalue weighted by molar-refractivity contribution is -0.145. The van der Waals surface area contributed by atoms with Crippen molar-refractivity contribution in [3.63, 3.8) is 0 Å². The van der Waals surface area contributed by atoms with E-state index >= 15 is 0 Å². The van der Waals surface area contributed by atoms with Gasteiger partial charge in [0.15, 0.2) is 6.61 Å². The van der Waals surface area contributed by atoms with Crippen molar-refractivity contribution in [1.82, 2.24) is 4.31 Å². The summed E-state index contributed by atoms with van der Waals surface area (Å²) < 4.78 is 75.9. The molecule has 0 N–H and O–H groups in total. The van der Waals surface area contributed by atoms with Crippen LogP contribution in [0.25, 0.3) is 0 Å². The highest BCUT2D eigenvalue weighted by molar-refractivity contribution is 7.99. The molecule has 0 atom stereocenters. The summed E-state index contributed by atoms with van der Waals surface area (Å²) in [4.78, 5) is 12.2. The van der Waals surface area contributed by atoms with Crippen LogP contribution in [0.3, 0.4) is 0 Å². The van der Waals surface area contributed by atoms with E-state index in [2.05, 4.69) is 0 Å². The number of carbonyl (C=O) groups is 1. The average molecular weight is 520 g/mol. The van der Waals surface area contributed by atoms with Crippen LogP contribution in [0, 0.1) is 6.92 Å². The van der Waals surface area contributed by atoms with Gasteiger partial charge in [-0.05, 0) is 68.3 Å². The van der Waals surface area contributed by atoms with Crippen molar-refractivity contribution in [1.29, 1.82) is 0 Å². The molecular formula is C23H28F3NO5S2. The van der Waals surface area contributed by atoms with Crippen LogP contribution in [0.1, 0.15) is 31.4 Å². The maximum atomic E-state index is 13.0. The largest absolute Gasteiger partial charge is 0.482 e. The molecule has 0 spiro atoms. The second kappa shape index (κ2) is 12.5. The molecule has 0 aromatic heterocycles. The molecule has 0 aliphatic heterocycles. The molecule has 0 unspecified atom stereocenters. The first kappa shape index (κ1) is 28.0. The number of esters is 1. The van der Waals surface area contributed by atoms with Gasteiger partial charge in [-0.3, -0.25) is 0 Å². The zero-order valence-electron chi connectivity index (χ0n) is 19.2. The van der Waals surface area contributed by atoms with Crippen molar-refractivity contribution in [3.05, 3.63) is 53.6 Å². The Morgan fingerprint density at radius 2 is 1.74 bits per heavy atom. The molecule has 0 aliphatic rings. The van der Waals surface area contributed by atoms with Crippen LogP contribution in [0.15, 0.2) is 52.3 Å². The normalized spacial score (nSPS) is 12.1. The lowest BCUT2D eigenvalue weighted by Crippen LogP contribution is -2.33. The Hall–Kier alpha value is -2.24. The summed E-state index contributed by atoms with van der Waals surface area (Å²) in [5.41, 5.74) is -0.0776. The zero-order valence-corrected chi connectivity index (χ0v) is 20.9. The average Bonchev–Trinajstić information content (AvgIpc) is 2.77. The van der Waals surface area contributed by atoms with Crippen molar-refractivity contribution in [2.24, 2.45) is 0 Å². The molecule has 0 radical (unpaired) electrons. The Labute approximate surface area is 202 Å². The molecule has 2 aromatic rings. The quantitative estimate of drug-likeness (QED) is 0.285. The maximum Gasteiger partial charge on any atom is 0.416 e. The van der Waals surface area contributed by atoms with Gasteiger partial charge in [0, 0.05) is 23.7 Å². The van der Waals surface area contributed by atoms with E-state index in [-0.39, 0.29) is 31.2 Å². The zero-order chi connectivity index (χ0) is 25.4. The van der Waals surface area contributed by atoms with Gasteiger partial charge in [0.05, 0.1) is 17.1 Å². The maximum absolute atomic E-state index is 13.0. The lowest BCUT2D eigenvalue weighted by atomic mass is 10.2. The minimum Gasteiger partial charge on any atom is -0.482 e. The van der Waals surface area contributed by atoms with E-state index < -0.39 is 27.7 Å². The smallest absolute Gasteiger partial charge is 0.416 e. The third-order valence-electron chi connectivity index (χ3n) is 4.70. The highest BCUT2D eigenvalue weighted by Crippen LogP contribution is 2.30. The summed E-state index contributed by atoms with van der Waals surface area (Å²) in [7, 11) is -3.93. The van der Waals surface area contributed by atoms with Crippen LogP contribution >= 0.6 is 11.8 Å². The van der Waals surface area contributed by atoms with E-state index in [1.807, 2.05) is 26.0 Å². The van der Waals surface area contributed by atoms with Gasteiger partial charge < -0.3 is 9.47 Å². The Morgan fingerprint density at radius 3 is 2.29 bits per heavy atom. The van der Waals surface area contributed by atoms with Gasteiger partial charge in [0.1, 0.15) is 5.75 Å². The summed E-state index contributed by atoms with van der Waals surface area (Å²) in [5.74, 6) is 0.544. The first-order chi connectivity index (χ1) is 16.0. The molecule has 0 heterocycles. The highest BCUT2D eigenvalue weighted by Gasteiger charge is 2.31. The van der Waals surface area contributed by atoms with Gasteiger partial charge in [0.2, 0.25) is 10.0 Å². The number of carbonyl (C=O) groups excluding carboxylic acids is 1. The SMILES string of the molecule is CCCN(CCSc1ccc(OCC(=O)OCC)c(C)c1)S(=O)(=O)c1ccc(C(F)(F)F)cc1. The molecule has 0 fully saturated rings. The minimum absolute atomic E-state index is 0.169. The Kier molecular flexibility index (Phi) is 10.3. The van der Waals surface area contributed by atoms with Gasteiger partial charge in [-0.15, -0.1) is 11.8 Å². The Bertz CT molecular complexity index is 1060. The number of thioether (sulfide) groups is 1. The first-order valence-corrected chi connectivity index (χ1v) is 13.1. The van der Waals surface area contributed by atoms with E-state index in [4.69, 9.17) is 9.47 Å². The molecule has 2 aromatic carbocycles. The Morgan fingerprint density at radius 1 is 1.06 bits per heavy atom. The highest BCUT2D eigenvalue weighted by atomic mass is 32.2. The predicted octanol–water partition coefficient (Wildman–Crippen LogP) is 5.15. The first-order valence-electron chi connectivity index (χ1n) is 10.7. The van der Waals surface area contributed by atoms with Crippen LogP contribution in [0.2, 0.25) is 0 Å². The van der Waals surface area contributed by atoms with Crippen LogP contribution in [-0.2, 0) is 25.7 Å². The molecular weight excluding hydrogens is 491 g/mol. The summed E-state index contributed by atoms with van der Waals surface area (Å²) in [6.07, 6.45) is -3.96. The molecule has 6 nitrogen and oxygen atoms in total. The standard InChI is InChI=1S/C23H28F3NO5S2/c1-4-12-27(34(29,30)20-9-6-18(7-10-20)23(24,25)26)13-14-33-19-8-11-21(17(3)15-19)32-16-22(28)31-5-2/h6-11,15H,4-5,12-14,16H2,1-3H3. The van der Waals surface area contributed by atoms with Crippen molar-refractivity contribution < 1.29 is 35.9 Å². The van der Waals surface area contributed by atoms with Gasteiger partial charge >= 0.3 is 12.1 Å². The fourth-order valence-electron chi connectivity index (χ4n) is 3.04. The summed E-state index contributed by atoms with van der Waals surface area (Å²) >= 11 is 1.45. The molecule has 34 heavy (non-hydrogen) atoms. The minimum atomic E-state index is -4.53. The van der Waals surface area contributed by atoms with Crippen molar-refractivity contribution in [3.8, 4) is 5.75 Å². The number of rotatable bonds is 12. The lowest BCUT2D eigenvalue weighted by Gasteiger charge is -2.22. The molecule has 0 aliphatic carbocycles. The Balaban J connectivity index is 2.01. The number of hydrogen-bond acceptors (Lipinski definition) is 6. The number of ether oxygens (including phenoxy) is 2. The van der Waals surface area contributed by atoms with Crippen molar-refractivity contribution in [2.45, 2.75) is 43.2 Å². The van der Waals surface area contributed by atoms with Gasteiger partial charge in [-0.2, -0.15) is 17.5 Å². The van der Waals surface area contributed by atoms with Crippen LogP contribution in [-0.4, -0.2) is 50.7 Å². The third kappa shape index (κ3) is 7.92. The second-order valence-corrected chi connectivity index (χ2v) is 10.4. The fraction of sp³-hybridized carbons (Fsp3) is 0.435. The number of nitrogens with zero attached hydrogens (tertiary/aromatic N) is 1.